The minimum Gasteiger partial charge on any atom is -0.207 e. The van der Waals surface area contributed by atoms with E-state index < -0.39 is 0 Å². The van der Waals surface area contributed by atoms with Gasteiger partial charge in [-0.1, -0.05) is 51.2 Å². The van der Waals surface area contributed by atoms with E-state index in [-0.39, 0.29) is 5.82 Å². The van der Waals surface area contributed by atoms with E-state index in [1.807, 2.05) is 12.1 Å². The van der Waals surface area contributed by atoms with Gasteiger partial charge in [0.1, 0.15) is 5.82 Å². The average molecular weight is 234 g/mol. The summed E-state index contributed by atoms with van der Waals surface area (Å²) >= 11 is 0. The molecule has 0 aliphatic heterocycles. The van der Waals surface area contributed by atoms with Crippen LogP contribution in [-0.4, -0.2) is 0 Å². The van der Waals surface area contributed by atoms with Crippen molar-refractivity contribution in [2.24, 2.45) is 0 Å². The zero-order chi connectivity index (χ0) is 12.1. The normalized spacial score (nSPS) is 19.2. The molecule has 0 nitrogen and oxygen atoms in total. The van der Waals surface area contributed by atoms with Gasteiger partial charge in [-0.3, -0.25) is 0 Å². The lowest BCUT2D eigenvalue weighted by molar-refractivity contribution is 0.267. The summed E-state index contributed by atoms with van der Waals surface area (Å²) in [6, 6.07) is 7.27. The van der Waals surface area contributed by atoms with Crippen LogP contribution in [0.5, 0.6) is 0 Å². The van der Waals surface area contributed by atoms with Gasteiger partial charge < -0.3 is 0 Å². The molecule has 17 heavy (non-hydrogen) atoms. The fourth-order valence-electron chi connectivity index (χ4n) is 3.23. The van der Waals surface area contributed by atoms with Gasteiger partial charge in [-0.25, -0.2) is 4.39 Å². The topological polar surface area (TPSA) is 0 Å². The molecule has 1 aliphatic carbocycles. The summed E-state index contributed by atoms with van der Waals surface area (Å²) in [5.74, 6) is -0.116. The van der Waals surface area contributed by atoms with Crippen LogP contribution in [0.1, 0.15) is 63.9 Å². The van der Waals surface area contributed by atoms with Crippen LogP contribution in [0, 0.1) is 5.82 Å². The molecule has 1 aliphatic rings. The van der Waals surface area contributed by atoms with E-state index in [1.165, 1.54) is 56.9 Å². The number of rotatable bonds is 4. The monoisotopic (exact) mass is 234 g/mol. The second kappa shape index (κ2) is 5.66. The van der Waals surface area contributed by atoms with Crippen LogP contribution < -0.4 is 0 Å². The first kappa shape index (κ1) is 12.6. The molecule has 0 bridgehead atoms. The maximum absolute atomic E-state index is 13.0. The van der Waals surface area contributed by atoms with Crippen molar-refractivity contribution in [3.05, 3.63) is 35.6 Å². The molecule has 1 aromatic rings. The minimum absolute atomic E-state index is 0.116. The number of hydrogen-bond acceptors (Lipinski definition) is 0. The quantitative estimate of drug-likeness (QED) is 0.670. The van der Waals surface area contributed by atoms with Crippen LogP contribution in [0.25, 0.3) is 0 Å². The van der Waals surface area contributed by atoms with Crippen molar-refractivity contribution in [2.45, 2.75) is 63.7 Å². The third-order valence-corrected chi connectivity index (χ3v) is 4.28. The van der Waals surface area contributed by atoms with Gasteiger partial charge in [-0.2, -0.15) is 0 Å². The summed E-state index contributed by atoms with van der Waals surface area (Å²) in [7, 11) is 0. The number of halogens is 1. The van der Waals surface area contributed by atoms with E-state index in [2.05, 4.69) is 6.92 Å². The Morgan fingerprint density at radius 2 is 1.71 bits per heavy atom. The number of benzene rings is 1. The highest BCUT2D eigenvalue weighted by Crippen LogP contribution is 2.43. The van der Waals surface area contributed by atoms with Gasteiger partial charge in [0.2, 0.25) is 0 Å². The van der Waals surface area contributed by atoms with Crippen LogP contribution in [-0.2, 0) is 5.41 Å². The zero-order valence-corrected chi connectivity index (χ0v) is 10.8. The molecule has 0 aromatic heterocycles. The summed E-state index contributed by atoms with van der Waals surface area (Å²) in [5.41, 5.74) is 1.72. The minimum atomic E-state index is -0.116. The lowest BCUT2D eigenvalue weighted by atomic mass is 9.67. The molecule has 0 N–H and O–H groups in total. The Morgan fingerprint density at radius 3 is 2.29 bits per heavy atom. The second-order valence-corrected chi connectivity index (χ2v) is 5.45. The van der Waals surface area contributed by atoms with Crippen molar-refractivity contribution in [2.75, 3.05) is 0 Å². The van der Waals surface area contributed by atoms with Gasteiger partial charge in [-0.05, 0) is 42.4 Å². The third-order valence-electron chi connectivity index (χ3n) is 4.28. The van der Waals surface area contributed by atoms with Crippen LogP contribution in [0.15, 0.2) is 24.3 Å². The molecular weight excluding hydrogens is 211 g/mol. The SMILES string of the molecule is CCCCC1(c2ccc(F)cc2)CCCCC1. The fourth-order valence-corrected chi connectivity index (χ4v) is 3.23. The van der Waals surface area contributed by atoms with E-state index in [4.69, 9.17) is 0 Å². The van der Waals surface area contributed by atoms with Gasteiger partial charge in [0.15, 0.2) is 0 Å². The Kier molecular flexibility index (Phi) is 4.20. The van der Waals surface area contributed by atoms with Crippen molar-refractivity contribution >= 4 is 0 Å². The molecule has 0 amide bonds. The molecular formula is C16H23F. The van der Waals surface area contributed by atoms with Crippen molar-refractivity contribution in [3.8, 4) is 0 Å². The maximum atomic E-state index is 13.0. The van der Waals surface area contributed by atoms with Crippen molar-refractivity contribution < 1.29 is 4.39 Å². The molecule has 94 valence electrons. The lowest BCUT2D eigenvalue weighted by Gasteiger charge is -2.38. The summed E-state index contributed by atoms with van der Waals surface area (Å²) in [6.07, 6.45) is 10.4. The molecule has 0 unspecified atom stereocenters. The Balaban J connectivity index is 2.21. The molecule has 1 saturated carbocycles. The predicted octanol–water partition coefficient (Wildman–Crippen LogP) is 5.22. The standard InChI is InChI=1S/C16H23F/c1-2-3-11-16(12-5-4-6-13-16)14-7-9-15(17)10-8-14/h7-10H,2-6,11-13H2,1H3. The van der Waals surface area contributed by atoms with Gasteiger partial charge in [0, 0.05) is 0 Å². The molecule has 2 rings (SSSR count). The van der Waals surface area contributed by atoms with Crippen LogP contribution >= 0.6 is 0 Å². The third kappa shape index (κ3) is 2.88. The molecule has 0 atom stereocenters. The Morgan fingerprint density at radius 1 is 1.06 bits per heavy atom. The molecule has 0 radical (unpaired) electrons. The van der Waals surface area contributed by atoms with Crippen LogP contribution in [0.3, 0.4) is 0 Å². The Hall–Kier alpha value is -0.850. The fraction of sp³-hybridized carbons (Fsp3) is 0.625. The first-order chi connectivity index (χ1) is 8.27. The molecule has 0 saturated heterocycles. The largest absolute Gasteiger partial charge is 0.207 e. The highest BCUT2D eigenvalue weighted by Gasteiger charge is 2.32. The second-order valence-electron chi connectivity index (χ2n) is 5.45. The number of unbranched alkanes of at least 4 members (excludes halogenated alkanes) is 1. The molecule has 0 heterocycles. The van der Waals surface area contributed by atoms with Gasteiger partial charge >= 0.3 is 0 Å². The summed E-state index contributed by atoms with van der Waals surface area (Å²) < 4.78 is 13.0. The van der Waals surface area contributed by atoms with E-state index in [0.717, 1.165) is 0 Å². The summed E-state index contributed by atoms with van der Waals surface area (Å²) in [5, 5.41) is 0. The Bertz CT molecular complexity index is 333. The molecule has 1 fully saturated rings. The lowest BCUT2D eigenvalue weighted by Crippen LogP contribution is -2.29. The van der Waals surface area contributed by atoms with Crippen molar-refractivity contribution in [1.82, 2.24) is 0 Å². The van der Waals surface area contributed by atoms with E-state index in [0.29, 0.717) is 5.41 Å². The Labute approximate surface area is 104 Å². The van der Waals surface area contributed by atoms with Crippen molar-refractivity contribution in [3.63, 3.8) is 0 Å². The molecule has 0 spiro atoms. The van der Waals surface area contributed by atoms with E-state index in [1.54, 1.807) is 12.1 Å². The summed E-state index contributed by atoms with van der Waals surface area (Å²) in [4.78, 5) is 0. The van der Waals surface area contributed by atoms with Gasteiger partial charge in [0.05, 0.1) is 0 Å². The van der Waals surface area contributed by atoms with Gasteiger partial charge in [-0.15, -0.1) is 0 Å². The maximum Gasteiger partial charge on any atom is 0.123 e. The molecule has 1 heteroatoms. The first-order valence-corrected chi connectivity index (χ1v) is 7.03. The number of hydrogen-bond donors (Lipinski definition) is 0. The van der Waals surface area contributed by atoms with E-state index >= 15 is 0 Å². The smallest absolute Gasteiger partial charge is 0.123 e. The predicted molar refractivity (Wildman–Crippen MR) is 70.7 cm³/mol. The zero-order valence-electron chi connectivity index (χ0n) is 10.8. The van der Waals surface area contributed by atoms with Crippen LogP contribution in [0.2, 0.25) is 0 Å². The van der Waals surface area contributed by atoms with Gasteiger partial charge in [0.25, 0.3) is 0 Å². The van der Waals surface area contributed by atoms with E-state index in [9.17, 15) is 4.39 Å². The first-order valence-electron chi connectivity index (χ1n) is 7.03. The average Bonchev–Trinajstić information content (AvgIpc) is 2.38. The van der Waals surface area contributed by atoms with Crippen molar-refractivity contribution in [1.29, 1.82) is 0 Å². The highest BCUT2D eigenvalue weighted by atomic mass is 19.1. The molecule has 1 aromatic carbocycles. The van der Waals surface area contributed by atoms with Crippen LogP contribution in [0.4, 0.5) is 4.39 Å². The highest BCUT2D eigenvalue weighted by molar-refractivity contribution is 5.26. The summed E-state index contributed by atoms with van der Waals surface area (Å²) in [6.45, 7) is 2.25.